The second kappa shape index (κ2) is 4.62. The molecule has 5 N–H and O–H groups in total. The highest BCUT2D eigenvalue weighted by Gasteiger charge is 2.44. The van der Waals surface area contributed by atoms with Crippen LogP contribution in [-0.4, -0.2) is 59.3 Å². The van der Waals surface area contributed by atoms with Gasteiger partial charge in [0.15, 0.2) is 23.2 Å². The Balaban J connectivity index is 2.04. The molecule has 0 radical (unpaired) electrons. The van der Waals surface area contributed by atoms with Crippen molar-refractivity contribution in [3.8, 4) is 0 Å². The maximum absolute atomic E-state index is 9.97. The average Bonchev–Trinajstić information content (AvgIpc) is 2.94. The van der Waals surface area contributed by atoms with E-state index in [-0.39, 0.29) is 12.4 Å². The van der Waals surface area contributed by atoms with Crippen LogP contribution in [0.15, 0.2) is 6.33 Å². The minimum absolute atomic E-state index is 0.242. The number of nitrogens with zero attached hydrogens (tertiary/aromatic N) is 4. The first kappa shape index (κ1) is 12.6. The lowest BCUT2D eigenvalue weighted by molar-refractivity contribution is -0.0462. The predicted octanol–water partition coefficient (Wildman–Crippen LogP) is -1.40. The summed E-state index contributed by atoms with van der Waals surface area (Å²) in [5.41, 5.74) is 6.55. The van der Waals surface area contributed by atoms with E-state index in [0.717, 1.165) is 0 Å². The molecule has 19 heavy (non-hydrogen) atoms. The van der Waals surface area contributed by atoms with Crippen molar-refractivity contribution in [1.82, 2.24) is 19.0 Å². The van der Waals surface area contributed by atoms with Crippen LogP contribution in [0.3, 0.4) is 0 Å². The third-order valence-corrected chi connectivity index (χ3v) is 3.95. The van der Waals surface area contributed by atoms with Gasteiger partial charge < -0.3 is 25.8 Å². The third-order valence-electron chi connectivity index (χ3n) is 3.05. The lowest BCUT2D eigenvalue weighted by Crippen LogP contribution is -2.32. The molecule has 3 rings (SSSR count). The van der Waals surface area contributed by atoms with E-state index in [2.05, 4.69) is 14.7 Å². The van der Waals surface area contributed by atoms with Crippen molar-refractivity contribution in [3.05, 3.63) is 6.33 Å². The lowest BCUT2D eigenvalue weighted by atomic mass is 10.1. The van der Waals surface area contributed by atoms with E-state index >= 15 is 0 Å². The van der Waals surface area contributed by atoms with Gasteiger partial charge in [-0.15, -0.1) is 0 Å². The summed E-state index contributed by atoms with van der Waals surface area (Å²) in [5, 5.41) is 28.8. The molecule has 9 nitrogen and oxygen atoms in total. The van der Waals surface area contributed by atoms with Crippen LogP contribution in [0.5, 0.6) is 0 Å². The monoisotopic (exact) mass is 285 g/mol. The van der Waals surface area contributed by atoms with Crippen molar-refractivity contribution in [2.24, 2.45) is 0 Å². The first-order valence-electron chi connectivity index (χ1n) is 5.57. The summed E-state index contributed by atoms with van der Waals surface area (Å²) >= 11 is 0. The zero-order chi connectivity index (χ0) is 13.6. The number of aliphatic hydroxyl groups is 3. The van der Waals surface area contributed by atoms with Crippen LogP contribution in [0, 0.1) is 0 Å². The molecule has 4 unspecified atom stereocenters. The van der Waals surface area contributed by atoms with Crippen molar-refractivity contribution in [2.45, 2.75) is 24.5 Å². The maximum Gasteiger partial charge on any atom is 0.171 e. The number of aliphatic hydroxyl groups excluding tert-OH is 3. The number of aromatic nitrogens is 4. The Morgan fingerprint density at radius 2 is 2.16 bits per heavy atom. The minimum Gasteiger partial charge on any atom is -0.394 e. The summed E-state index contributed by atoms with van der Waals surface area (Å²) in [6.07, 6.45) is -2.71. The molecule has 0 saturated carbocycles. The fourth-order valence-electron chi connectivity index (χ4n) is 2.03. The Morgan fingerprint density at radius 3 is 2.84 bits per heavy atom. The van der Waals surface area contributed by atoms with Crippen molar-refractivity contribution in [2.75, 3.05) is 12.3 Å². The normalized spacial score (nSPS) is 31.5. The molecule has 0 spiro atoms. The molecule has 3 heterocycles. The van der Waals surface area contributed by atoms with E-state index in [1.807, 2.05) is 0 Å². The Hall–Kier alpha value is -1.38. The van der Waals surface area contributed by atoms with Gasteiger partial charge in [-0.2, -0.15) is 0 Å². The molecule has 1 fully saturated rings. The van der Waals surface area contributed by atoms with E-state index in [1.165, 1.54) is 6.33 Å². The van der Waals surface area contributed by atoms with Crippen LogP contribution >= 0.6 is 8.51 Å². The van der Waals surface area contributed by atoms with Crippen molar-refractivity contribution in [1.29, 1.82) is 0 Å². The van der Waals surface area contributed by atoms with E-state index in [9.17, 15) is 10.2 Å². The average molecular weight is 285 g/mol. The fourth-order valence-corrected chi connectivity index (χ4v) is 2.94. The summed E-state index contributed by atoms with van der Waals surface area (Å²) in [5.74, 6) is 0.242. The van der Waals surface area contributed by atoms with Gasteiger partial charge in [-0.3, -0.25) is 4.33 Å². The van der Waals surface area contributed by atoms with Gasteiger partial charge in [0.1, 0.15) is 33.1 Å². The number of nitrogen functional groups attached to an aromatic ring is 1. The van der Waals surface area contributed by atoms with Crippen LogP contribution in [0.2, 0.25) is 0 Å². The molecule has 4 atom stereocenters. The number of anilines is 1. The summed E-state index contributed by atoms with van der Waals surface area (Å²) in [6.45, 7) is -0.380. The molecule has 2 aromatic rings. The second-order valence-corrected chi connectivity index (χ2v) is 5.00. The summed E-state index contributed by atoms with van der Waals surface area (Å²) in [7, 11) is 0.466. The van der Waals surface area contributed by atoms with Crippen molar-refractivity contribution >= 4 is 25.5 Å². The fraction of sp³-hybridized carbons (Fsp3) is 0.556. The summed E-state index contributed by atoms with van der Waals surface area (Å²) in [4.78, 5) is 7.88. The number of nitrogens with two attached hydrogens (primary N) is 1. The largest absolute Gasteiger partial charge is 0.394 e. The second-order valence-electron chi connectivity index (χ2n) is 4.19. The Labute approximate surface area is 108 Å². The number of fused-ring (bicyclic) bond motifs is 1. The van der Waals surface area contributed by atoms with Gasteiger partial charge in [-0.1, -0.05) is 0 Å². The highest BCUT2D eigenvalue weighted by Crippen LogP contribution is 2.34. The molecule has 2 aromatic heterocycles. The van der Waals surface area contributed by atoms with Gasteiger partial charge in [0.25, 0.3) is 0 Å². The molecular weight excluding hydrogens is 273 g/mol. The molecule has 1 aliphatic rings. The van der Waals surface area contributed by atoms with Crippen LogP contribution < -0.4 is 5.73 Å². The molecule has 0 amide bonds. The molecular formula is C9H12N5O4P. The van der Waals surface area contributed by atoms with E-state index in [1.54, 1.807) is 4.33 Å². The molecule has 102 valence electrons. The van der Waals surface area contributed by atoms with Gasteiger partial charge in [0, 0.05) is 0 Å². The Bertz CT molecular complexity index is 607. The Morgan fingerprint density at radius 1 is 1.37 bits per heavy atom. The summed E-state index contributed by atoms with van der Waals surface area (Å²) in [6, 6.07) is 0. The highest BCUT2D eigenvalue weighted by atomic mass is 31.1. The zero-order valence-electron chi connectivity index (χ0n) is 9.66. The van der Waals surface area contributed by atoms with Gasteiger partial charge >= 0.3 is 0 Å². The molecule has 0 aromatic carbocycles. The third kappa shape index (κ3) is 1.87. The predicted molar refractivity (Wildman–Crippen MR) is 65.3 cm³/mol. The summed E-state index contributed by atoms with van der Waals surface area (Å²) < 4.78 is 11.1. The van der Waals surface area contributed by atoms with Crippen LogP contribution in [0.4, 0.5) is 5.82 Å². The number of hydrogen-bond acceptors (Lipinski definition) is 8. The van der Waals surface area contributed by atoms with Crippen LogP contribution in [-0.2, 0) is 4.74 Å². The van der Waals surface area contributed by atoms with Crippen LogP contribution in [0.1, 0.15) is 6.23 Å². The highest BCUT2D eigenvalue weighted by molar-refractivity contribution is 7.21. The van der Waals surface area contributed by atoms with E-state index in [0.29, 0.717) is 19.7 Å². The lowest BCUT2D eigenvalue weighted by Gasteiger charge is -2.15. The van der Waals surface area contributed by atoms with Crippen molar-refractivity contribution < 1.29 is 20.1 Å². The van der Waals surface area contributed by atoms with Crippen molar-refractivity contribution in [3.63, 3.8) is 0 Å². The molecule has 1 saturated heterocycles. The number of hydrogen-bond donors (Lipinski definition) is 4. The van der Waals surface area contributed by atoms with E-state index < -0.39 is 24.5 Å². The van der Waals surface area contributed by atoms with Gasteiger partial charge in [0.2, 0.25) is 0 Å². The first-order chi connectivity index (χ1) is 9.13. The molecule has 0 bridgehead atoms. The number of rotatable bonds is 2. The molecule has 10 heteroatoms. The standard InChI is InChI=1S/C9H12N5O4P/c10-7-4-8(12-2-11-7)14(19-13-4)9-6(17)5(16)3(1-15)18-9/h2-3,5-6,9,15-17H,1H2,(H2,10,11,12). The topological polar surface area (TPSA) is 140 Å². The maximum atomic E-state index is 9.97. The van der Waals surface area contributed by atoms with Gasteiger partial charge in [0.05, 0.1) is 6.61 Å². The molecule has 0 aliphatic carbocycles. The zero-order valence-corrected chi connectivity index (χ0v) is 10.6. The number of ether oxygens (including phenoxy) is 1. The quantitative estimate of drug-likeness (QED) is 0.528. The Kier molecular flexibility index (Phi) is 3.08. The first-order valence-corrected chi connectivity index (χ1v) is 6.37. The van der Waals surface area contributed by atoms with Gasteiger partial charge in [-0.05, 0) is 0 Å². The minimum atomic E-state index is -1.16. The molecule has 1 aliphatic heterocycles. The van der Waals surface area contributed by atoms with Crippen LogP contribution in [0.25, 0.3) is 11.2 Å². The smallest absolute Gasteiger partial charge is 0.171 e. The van der Waals surface area contributed by atoms with E-state index in [4.69, 9.17) is 15.6 Å². The van der Waals surface area contributed by atoms with Gasteiger partial charge in [-0.25, -0.2) is 14.7 Å². The SMILES string of the molecule is Nc1ncnc2c1npn2C1OC(CO)C(O)C1O.